The Bertz CT molecular complexity index is 959. The number of benzene rings is 2. The fourth-order valence-electron chi connectivity index (χ4n) is 2.16. The smallest absolute Gasteiger partial charge is 0.277 e. The lowest BCUT2D eigenvalue weighted by molar-refractivity contribution is -0.114. The first-order valence-corrected chi connectivity index (χ1v) is 9.96. The minimum absolute atomic E-state index is 0.136. The van der Waals surface area contributed by atoms with Crippen LogP contribution in [0.5, 0.6) is 0 Å². The number of rotatable bonds is 6. The predicted molar refractivity (Wildman–Crippen MR) is 113 cm³/mol. The van der Waals surface area contributed by atoms with Gasteiger partial charge in [0.25, 0.3) is 5.22 Å². The number of aromatic nitrogens is 2. The Kier molecular flexibility index (Phi) is 6.45. The number of thioether (sulfide) groups is 1. The zero-order valence-corrected chi connectivity index (χ0v) is 17.2. The standard InChI is InChI=1S/C18H15IN4O3S/c1-11(24)20-13-8-6-12(7-9-13)17-22-23-18(26-17)27-10-16(25)21-15-5-3-2-4-14(15)19/h2-9H,10H2,1H3,(H,20,24)(H,21,25). The van der Waals surface area contributed by atoms with Crippen LogP contribution in [0.25, 0.3) is 11.5 Å². The first-order chi connectivity index (χ1) is 13.0. The van der Waals surface area contributed by atoms with Gasteiger partial charge in [-0.2, -0.15) is 0 Å². The fraction of sp³-hybridized carbons (Fsp3) is 0.111. The minimum atomic E-state index is -0.150. The number of nitrogens with one attached hydrogen (secondary N) is 2. The van der Waals surface area contributed by atoms with Crippen LogP contribution in [0.1, 0.15) is 6.92 Å². The third-order valence-electron chi connectivity index (χ3n) is 3.33. The van der Waals surface area contributed by atoms with Crippen molar-refractivity contribution >= 4 is 57.5 Å². The molecule has 1 aromatic heterocycles. The highest BCUT2D eigenvalue weighted by Gasteiger charge is 2.12. The maximum atomic E-state index is 12.1. The summed E-state index contributed by atoms with van der Waals surface area (Å²) in [5.41, 5.74) is 2.19. The first kappa shape index (κ1) is 19.4. The summed E-state index contributed by atoms with van der Waals surface area (Å²) in [5.74, 6) is 0.227. The molecule has 0 unspecified atom stereocenters. The van der Waals surface area contributed by atoms with Gasteiger partial charge in [-0.15, -0.1) is 10.2 Å². The van der Waals surface area contributed by atoms with Crippen LogP contribution in [0.4, 0.5) is 11.4 Å². The second-order valence-corrected chi connectivity index (χ2v) is 7.54. The Hall–Kier alpha value is -2.40. The summed E-state index contributed by atoms with van der Waals surface area (Å²) in [4.78, 5) is 23.1. The Morgan fingerprint density at radius 3 is 2.52 bits per heavy atom. The number of hydrogen-bond donors (Lipinski definition) is 2. The van der Waals surface area contributed by atoms with E-state index in [9.17, 15) is 9.59 Å². The van der Waals surface area contributed by atoms with Crippen molar-refractivity contribution in [3.05, 3.63) is 52.1 Å². The second kappa shape index (κ2) is 9.00. The van der Waals surface area contributed by atoms with Crippen molar-refractivity contribution < 1.29 is 14.0 Å². The lowest BCUT2D eigenvalue weighted by Gasteiger charge is -2.05. The SMILES string of the molecule is CC(=O)Nc1ccc(-c2nnc(SCC(=O)Nc3ccccc3I)o2)cc1. The minimum Gasteiger partial charge on any atom is -0.411 e. The molecular weight excluding hydrogens is 479 g/mol. The molecule has 0 radical (unpaired) electrons. The number of hydrogen-bond acceptors (Lipinski definition) is 6. The summed E-state index contributed by atoms with van der Waals surface area (Å²) in [6, 6.07) is 14.6. The third kappa shape index (κ3) is 5.54. The number of carbonyl (C=O) groups is 2. The van der Waals surface area contributed by atoms with E-state index in [1.807, 2.05) is 24.3 Å². The quantitative estimate of drug-likeness (QED) is 0.397. The molecule has 2 N–H and O–H groups in total. The second-order valence-electron chi connectivity index (χ2n) is 5.45. The lowest BCUT2D eigenvalue weighted by atomic mass is 10.2. The normalized spacial score (nSPS) is 10.4. The fourth-order valence-corrected chi connectivity index (χ4v) is 3.25. The third-order valence-corrected chi connectivity index (χ3v) is 5.09. The highest BCUT2D eigenvalue weighted by Crippen LogP contribution is 2.25. The molecule has 3 aromatic rings. The first-order valence-electron chi connectivity index (χ1n) is 7.90. The molecule has 1 heterocycles. The van der Waals surface area contributed by atoms with Crippen molar-refractivity contribution in [2.75, 3.05) is 16.4 Å². The predicted octanol–water partition coefficient (Wildman–Crippen LogP) is 4.03. The molecule has 0 fully saturated rings. The molecule has 2 amide bonds. The molecule has 0 bridgehead atoms. The Morgan fingerprint density at radius 2 is 1.81 bits per heavy atom. The van der Waals surface area contributed by atoms with Crippen molar-refractivity contribution in [2.24, 2.45) is 0 Å². The number of amides is 2. The Labute approximate surface area is 173 Å². The molecule has 27 heavy (non-hydrogen) atoms. The van der Waals surface area contributed by atoms with E-state index in [-0.39, 0.29) is 17.6 Å². The van der Waals surface area contributed by atoms with Gasteiger partial charge in [0, 0.05) is 21.7 Å². The average molecular weight is 494 g/mol. The van der Waals surface area contributed by atoms with Crippen molar-refractivity contribution in [1.29, 1.82) is 0 Å². The van der Waals surface area contributed by atoms with Gasteiger partial charge in [-0.05, 0) is 59.0 Å². The molecule has 3 rings (SSSR count). The molecule has 0 aliphatic carbocycles. The Balaban J connectivity index is 1.57. The van der Waals surface area contributed by atoms with Gasteiger partial charge in [0.05, 0.1) is 11.4 Å². The zero-order chi connectivity index (χ0) is 19.2. The van der Waals surface area contributed by atoms with Gasteiger partial charge >= 0.3 is 0 Å². The summed E-state index contributed by atoms with van der Waals surface area (Å²) in [5, 5.41) is 13.8. The maximum Gasteiger partial charge on any atom is 0.277 e. The zero-order valence-electron chi connectivity index (χ0n) is 14.2. The van der Waals surface area contributed by atoms with Crippen molar-refractivity contribution in [2.45, 2.75) is 12.1 Å². The lowest BCUT2D eigenvalue weighted by Crippen LogP contribution is -2.14. The van der Waals surface area contributed by atoms with Crippen LogP contribution >= 0.6 is 34.4 Å². The van der Waals surface area contributed by atoms with E-state index in [0.29, 0.717) is 16.8 Å². The van der Waals surface area contributed by atoms with Gasteiger partial charge in [0.1, 0.15) is 0 Å². The van der Waals surface area contributed by atoms with E-state index in [2.05, 4.69) is 43.4 Å². The summed E-state index contributed by atoms with van der Waals surface area (Å²) in [7, 11) is 0. The van der Waals surface area contributed by atoms with Crippen molar-refractivity contribution in [3.8, 4) is 11.5 Å². The van der Waals surface area contributed by atoms with E-state index >= 15 is 0 Å². The number of halogens is 1. The van der Waals surface area contributed by atoms with Crippen LogP contribution in [0.15, 0.2) is 58.2 Å². The van der Waals surface area contributed by atoms with E-state index in [4.69, 9.17) is 4.42 Å². The molecule has 0 spiro atoms. The number of anilines is 2. The average Bonchev–Trinajstić information content (AvgIpc) is 3.11. The van der Waals surface area contributed by atoms with Crippen LogP contribution in [-0.2, 0) is 9.59 Å². The number of nitrogens with zero attached hydrogens (tertiary/aromatic N) is 2. The van der Waals surface area contributed by atoms with Crippen LogP contribution in [0.3, 0.4) is 0 Å². The Morgan fingerprint density at radius 1 is 1.07 bits per heavy atom. The summed E-state index contributed by atoms with van der Waals surface area (Å²) >= 11 is 3.34. The molecule has 0 aliphatic heterocycles. The van der Waals surface area contributed by atoms with Crippen LogP contribution < -0.4 is 10.6 Å². The van der Waals surface area contributed by atoms with Gasteiger partial charge in [-0.1, -0.05) is 23.9 Å². The molecule has 7 nitrogen and oxygen atoms in total. The maximum absolute atomic E-state index is 12.1. The summed E-state index contributed by atoms with van der Waals surface area (Å²) < 4.78 is 6.56. The van der Waals surface area contributed by atoms with E-state index < -0.39 is 0 Å². The van der Waals surface area contributed by atoms with E-state index in [0.717, 1.165) is 14.8 Å². The summed E-state index contributed by atoms with van der Waals surface area (Å²) in [6.45, 7) is 1.45. The van der Waals surface area contributed by atoms with E-state index in [1.165, 1.54) is 18.7 Å². The topological polar surface area (TPSA) is 97.1 Å². The van der Waals surface area contributed by atoms with Gasteiger partial charge in [-0.25, -0.2) is 0 Å². The van der Waals surface area contributed by atoms with Crippen LogP contribution in [-0.4, -0.2) is 27.8 Å². The van der Waals surface area contributed by atoms with Gasteiger partial charge in [-0.3, -0.25) is 9.59 Å². The van der Waals surface area contributed by atoms with Crippen molar-refractivity contribution in [1.82, 2.24) is 10.2 Å². The van der Waals surface area contributed by atoms with Crippen molar-refractivity contribution in [3.63, 3.8) is 0 Å². The molecular formula is C18H15IN4O3S. The van der Waals surface area contributed by atoms with Gasteiger partial charge < -0.3 is 15.1 Å². The van der Waals surface area contributed by atoms with Crippen LogP contribution in [0.2, 0.25) is 0 Å². The molecule has 138 valence electrons. The molecule has 0 saturated heterocycles. The van der Waals surface area contributed by atoms with Gasteiger partial charge in [0.15, 0.2) is 0 Å². The molecule has 9 heteroatoms. The summed E-state index contributed by atoms with van der Waals surface area (Å²) in [6.07, 6.45) is 0. The van der Waals surface area contributed by atoms with Gasteiger partial charge in [0.2, 0.25) is 17.7 Å². The molecule has 2 aromatic carbocycles. The molecule has 0 aliphatic rings. The number of para-hydroxylation sites is 1. The van der Waals surface area contributed by atoms with E-state index in [1.54, 1.807) is 24.3 Å². The highest BCUT2D eigenvalue weighted by molar-refractivity contribution is 14.1. The monoisotopic (exact) mass is 494 g/mol. The van der Waals surface area contributed by atoms with Crippen LogP contribution in [0, 0.1) is 3.57 Å². The highest BCUT2D eigenvalue weighted by atomic mass is 127. The number of carbonyl (C=O) groups excluding carboxylic acids is 2. The molecule has 0 atom stereocenters. The molecule has 0 saturated carbocycles. The largest absolute Gasteiger partial charge is 0.411 e.